The second-order valence-electron chi connectivity index (χ2n) is 6.45. The molecule has 0 spiro atoms. The minimum absolute atomic E-state index is 0.0323. The molecule has 1 aromatic carbocycles. The van der Waals surface area contributed by atoms with Gasteiger partial charge in [-0.15, -0.1) is 11.3 Å². The number of carbonyl (C=O) groups is 2. The summed E-state index contributed by atoms with van der Waals surface area (Å²) in [4.78, 5) is 24.5. The minimum Gasteiger partial charge on any atom is -0.435 e. The van der Waals surface area contributed by atoms with Crippen molar-refractivity contribution in [1.82, 2.24) is 0 Å². The molecule has 8 heteroatoms. The number of hydrogen-bond acceptors (Lipinski definition) is 4. The lowest BCUT2D eigenvalue weighted by Crippen LogP contribution is -2.19. The molecule has 0 bridgehead atoms. The van der Waals surface area contributed by atoms with E-state index in [9.17, 15) is 18.4 Å². The Balaban J connectivity index is 1.77. The summed E-state index contributed by atoms with van der Waals surface area (Å²) in [5, 5.41) is 5.03. The smallest absolute Gasteiger partial charge is 0.387 e. The second kappa shape index (κ2) is 8.47. The van der Waals surface area contributed by atoms with E-state index in [1.807, 2.05) is 5.38 Å². The summed E-state index contributed by atoms with van der Waals surface area (Å²) in [7, 11) is 0. The van der Waals surface area contributed by atoms with Crippen LogP contribution >= 0.6 is 11.3 Å². The molecule has 0 atom stereocenters. The molecule has 3 N–H and O–H groups in total. The second-order valence-corrected chi connectivity index (χ2v) is 7.33. The van der Waals surface area contributed by atoms with E-state index in [-0.39, 0.29) is 17.2 Å². The van der Waals surface area contributed by atoms with E-state index in [1.54, 1.807) is 0 Å². The van der Waals surface area contributed by atoms with E-state index >= 15 is 0 Å². The highest BCUT2D eigenvalue weighted by Gasteiger charge is 2.25. The summed E-state index contributed by atoms with van der Waals surface area (Å²) in [5.41, 5.74) is 7.12. The molecule has 1 aliphatic rings. The molecule has 0 unspecified atom stereocenters. The molecule has 0 aliphatic heterocycles. The van der Waals surface area contributed by atoms with E-state index in [1.165, 1.54) is 42.0 Å². The van der Waals surface area contributed by atoms with Gasteiger partial charge < -0.3 is 15.8 Å². The van der Waals surface area contributed by atoms with E-state index in [0.717, 1.165) is 31.2 Å². The monoisotopic (exact) mass is 394 g/mol. The fourth-order valence-electron chi connectivity index (χ4n) is 3.39. The number of benzene rings is 1. The third kappa shape index (κ3) is 4.63. The van der Waals surface area contributed by atoms with Gasteiger partial charge in [-0.3, -0.25) is 9.59 Å². The van der Waals surface area contributed by atoms with E-state index < -0.39 is 18.4 Å². The average Bonchev–Trinajstić information content (AvgIpc) is 3.06. The number of thiophene rings is 1. The van der Waals surface area contributed by atoms with Gasteiger partial charge in [0, 0.05) is 5.56 Å². The first-order valence-electron chi connectivity index (χ1n) is 8.73. The molecule has 1 fully saturated rings. The first-order chi connectivity index (χ1) is 13.0. The zero-order chi connectivity index (χ0) is 19.4. The Morgan fingerprint density at radius 3 is 2.41 bits per heavy atom. The molecule has 1 saturated carbocycles. The van der Waals surface area contributed by atoms with Crippen LogP contribution in [0.1, 0.15) is 64.3 Å². The fraction of sp³-hybridized carbons (Fsp3) is 0.368. The van der Waals surface area contributed by atoms with Crippen molar-refractivity contribution in [3.05, 3.63) is 46.3 Å². The van der Waals surface area contributed by atoms with Crippen molar-refractivity contribution in [2.24, 2.45) is 5.73 Å². The van der Waals surface area contributed by atoms with Crippen LogP contribution in [0.3, 0.4) is 0 Å². The Morgan fingerprint density at radius 1 is 1.15 bits per heavy atom. The fourth-order valence-corrected chi connectivity index (χ4v) is 4.44. The van der Waals surface area contributed by atoms with E-state index in [0.29, 0.717) is 10.6 Å². The number of halogens is 2. The predicted octanol–water partition coefficient (Wildman–Crippen LogP) is 4.75. The molecule has 0 radical (unpaired) electrons. The summed E-state index contributed by atoms with van der Waals surface area (Å²) in [6.45, 7) is -2.92. The highest BCUT2D eigenvalue weighted by atomic mass is 32.1. The highest BCUT2D eigenvalue weighted by Crippen LogP contribution is 2.40. The van der Waals surface area contributed by atoms with Crippen LogP contribution in [0, 0.1) is 0 Å². The molecule has 144 valence electrons. The van der Waals surface area contributed by atoms with E-state index in [2.05, 4.69) is 10.1 Å². The van der Waals surface area contributed by atoms with Crippen molar-refractivity contribution >= 4 is 28.2 Å². The van der Waals surface area contributed by atoms with Crippen LogP contribution in [0.15, 0.2) is 29.6 Å². The summed E-state index contributed by atoms with van der Waals surface area (Å²) < 4.78 is 28.7. The van der Waals surface area contributed by atoms with Gasteiger partial charge in [0.25, 0.3) is 11.8 Å². The third-order valence-corrected chi connectivity index (χ3v) is 5.59. The molecule has 1 heterocycles. The van der Waals surface area contributed by atoms with Crippen molar-refractivity contribution in [2.75, 3.05) is 5.32 Å². The summed E-state index contributed by atoms with van der Waals surface area (Å²) in [6.07, 6.45) is 5.45. The van der Waals surface area contributed by atoms with Crippen LogP contribution in [0.5, 0.6) is 5.75 Å². The van der Waals surface area contributed by atoms with Crippen LogP contribution in [-0.4, -0.2) is 18.4 Å². The Bertz CT molecular complexity index is 815. The SMILES string of the molecule is NC(=O)c1c(C2CCCCC2)csc1NC(=O)c1ccc(OC(F)F)cc1. The van der Waals surface area contributed by atoms with Crippen molar-refractivity contribution in [2.45, 2.75) is 44.6 Å². The van der Waals surface area contributed by atoms with Crippen molar-refractivity contribution in [3.8, 4) is 5.75 Å². The number of ether oxygens (including phenoxy) is 1. The number of nitrogens with one attached hydrogen (secondary N) is 1. The Morgan fingerprint density at radius 2 is 1.81 bits per heavy atom. The minimum atomic E-state index is -2.92. The van der Waals surface area contributed by atoms with Crippen LogP contribution < -0.4 is 15.8 Å². The van der Waals surface area contributed by atoms with Gasteiger partial charge in [0.2, 0.25) is 0 Å². The third-order valence-electron chi connectivity index (χ3n) is 4.68. The molecular formula is C19H20F2N2O3S. The lowest BCUT2D eigenvalue weighted by atomic mass is 9.83. The molecule has 27 heavy (non-hydrogen) atoms. The van der Waals surface area contributed by atoms with Crippen LogP contribution in [0.2, 0.25) is 0 Å². The zero-order valence-electron chi connectivity index (χ0n) is 14.5. The molecule has 0 saturated heterocycles. The summed E-state index contributed by atoms with van der Waals surface area (Å²) in [6, 6.07) is 5.34. The Kier molecular flexibility index (Phi) is 6.05. The van der Waals surface area contributed by atoms with Crippen LogP contribution in [0.25, 0.3) is 0 Å². The normalized spacial score (nSPS) is 14.9. The van der Waals surface area contributed by atoms with Gasteiger partial charge in [-0.2, -0.15) is 8.78 Å². The number of hydrogen-bond donors (Lipinski definition) is 2. The topological polar surface area (TPSA) is 81.4 Å². The van der Waals surface area contributed by atoms with Crippen molar-refractivity contribution in [1.29, 1.82) is 0 Å². The summed E-state index contributed by atoms with van der Waals surface area (Å²) >= 11 is 1.28. The first kappa shape index (κ1) is 19.3. The number of carbonyl (C=O) groups excluding carboxylic acids is 2. The van der Waals surface area contributed by atoms with Crippen molar-refractivity contribution in [3.63, 3.8) is 0 Å². The molecule has 2 aromatic rings. The maximum atomic E-state index is 12.5. The van der Waals surface area contributed by atoms with Gasteiger partial charge in [-0.1, -0.05) is 19.3 Å². The van der Waals surface area contributed by atoms with Gasteiger partial charge in [-0.25, -0.2) is 0 Å². The van der Waals surface area contributed by atoms with Gasteiger partial charge in [-0.05, 0) is 54.0 Å². The number of anilines is 1. The maximum Gasteiger partial charge on any atom is 0.387 e. The number of nitrogens with two attached hydrogens (primary N) is 1. The Labute approximate surface area is 159 Å². The number of alkyl halides is 2. The molecule has 1 aromatic heterocycles. The number of rotatable bonds is 6. The number of amides is 2. The predicted molar refractivity (Wildman–Crippen MR) is 99.7 cm³/mol. The van der Waals surface area contributed by atoms with Gasteiger partial charge >= 0.3 is 6.61 Å². The molecule has 1 aliphatic carbocycles. The van der Waals surface area contributed by atoms with Gasteiger partial charge in [0.1, 0.15) is 10.8 Å². The molecular weight excluding hydrogens is 374 g/mol. The average molecular weight is 394 g/mol. The highest BCUT2D eigenvalue weighted by molar-refractivity contribution is 7.15. The van der Waals surface area contributed by atoms with Crippen LogP contribution in [0.4, 0.5) is 13.8 Å². The zero-order valence-corrected chi connectivity index (χ0v) is 15.4. The molecule has 2 amide bonds. The van der Waals surface area contributed by atoms with Gasteiger partial charge in [0.05, 0.1) is 5.56 Å². The molecule has 5 nitrogen and oxygen atoms in total. The Hall–Kier alpha value is -2.48. The van der Waals surface area contributed by atoms with Gasteiger partial charge in [0.15, 0.2) is 0 Å². The lowest BCUT2D eigenvalue weighted by Gasteiger charge is -2.21. The van der Waals surface area contributed by atoms with Crippen LogP contribution in [-0.2, 0) is 0 Å². The summed E-state index contributed by atoms with van der Waals surface area (Å²) in [5.74, 6) is -0.755. The quantitative estimate of drug-likeness (QED) is 0.742. The maximum absolute atomic E-state index is 12.5. The lowest BCUT2D eigenvalue weighted by molar-refractivity contribution is -0.0498. The first-order valence-corrected chi connectivity index (χ1v) is 9.61. The largest absolute Gasteiger partial charge is 0.435 e. The molecule has 3 rings (SSSR count). The van der Waals surface area contributed by atoms with E-state index in [4.69, 9.17) is 5.73 Å². The standard InChI is InChI=1S/C19H20F2N2O3S/c20-19(21)26-13-8-6-12(7-9-13)17(25)23-18-15(16(22)24)14(10-27-18)11-4-2-1-3-5-11/h6-11,19H,1-5H2,(H2,22,24)(H,23,25). The van der Waals surface area contributed by atoms with Crippen molar-refractivity contribution < 1.29 is 23.1 Å². The number of primary amides is 1.